The van der Waals surface area contributed by atoms with E-state index in [0.717, 1.165) is 17.0 Å². The molecular formula is C10H17N3O2. The molecule has 0 saturated heterocycles. The van der Waals surface area contributed by atoms with Gasteiger partial charge in [0.05, 0.1) is 18.7 Å². The van der Waals surface area contributed by atoms with Crippen LogP contribution >= 0.6 is 0 Å². The Morgan fingerprint density at radius 1 is 1.60 bits per heavy atom. The van der Waals surface area contributed by atoms with Crippen molar-refractivity contribution in [2.45, 2.75) is 33.2 Å². The molecule has 0 aromatic carbocycles. The van der Waals surface area contributed by atoms with Crippen molar-refractivity contribution in [2.75, 3.05) is 6.61 Å². The number of aliphatic hydroxyl groups excluding tert-OH is 1. The molecule has 0 fully saturated rings. The van der Waals surface area contributed by atoms with E-state index in [4.69, 9.17) is 5.11 Å². The van der Waals surface area contributed by atoms with Crippen molar-refractivity contribution in [3.8, 4) is 0 Å². The summed E-state index contributed by atoms with van der Waals surface area (Å²) >= 11 is 0. The molecule has 1 rings (SSSR count). The Balaban J connectivity index is 2.59. The van der Waals surface area contributed by atoms with Gasteiger partial charge < -0.3 is 10.4 Å². The van der Waals surface area contributed by atoms with E-state index in [1.807, 2.05) is 13.8 Å². The van der Waals surface area contributed by atoms with Gasteiger partial charge in [-0.15, -0.1) is 0 Å². The van der Waals surface area contributed by atoms with Gasteiger partial charge in [0.25, 0.3) is 0 Å². The van der Waals surface area contributed by atoms with Crippen molar-refractivity contribution in [1.29, 1.82) is 0 Å². The number of aliphatic hydroxyl groups is 1. The number of nitrogens with one attached hydrogen (secondary N) is 2. The Morgan fingerprint density at radius 3 is 2.73 bits per heavy atom. The Labute approximate surface area is 88.9 Å². The molecule has 0 spiro atoms. The summed E-state index contributed by atoms with van der Waals surface area (Å²) in [7, 11) is 0. The average molecular weight is 211 g/mol. The van der Waals surface area contributed by atoms with Crippen molar-refractivity contribution in [3.05, 3.63) is 17.0 Å². The zero-order valence-corrected chi connectivity index (χ0v) is 9.29. The van der Waals surface area contributed by atoms with Crippen LogP contribution in [0.25, 0.3) is 0 Å². The molecule has 3 N–H and O–H groups in total. The first-order valence-electron chi connectivity index (χ1n) is 4.95. The number of aryl methyl sites for hydroxylation is 2. The summed E-state index contributed by atoms with van der Waals surface area (Å²) in [6, 6.07) is -0.204. The maximum atomic E-state index is 11.5. The summed E-state index contributed by atoms with van der Waals surface area (Å²) in [5.74, 6) is -0.0934. The summed E-state index contributed by atoms with van der Waals surface area (Å²) < 4.78 is 0. The number of carbonyl (C=O) groups is 1. The highest BCUT2D eigenvalue weighted by Crippen LogP contribution is 2.09. The van der Waals surface area contributed by atoms with Crippen molar-refractivity contribution in [3.63, 3.8) is 0 Å². The van der Waals surface area contributed by atoms with Gasteiger partial charge in [0, 0.05) is 17.3 Å². The largest absolute Gasteiger partial charge is 0.394 e. The first-order valence-corrected chi connectivity index (χ1v) is 4.95. The summed E-state index contributed by atoms with van der Waals surface area (Å²) in [6.07, 6.45) is 0.304. The molecule has 5 nitrogen and oxygen atoms in total. The standard InChI is InChI=1S/C10H17N3O2/c1-6(5-14)11-10(15)4-9-7(2)12-13-8(9)3/h6,14H,4-5H2,1-3H3,(H,11,15)(H,12,13). The van der Waals surface area contributed by atoms with Crippen molar-refractivity contribution < 1.29 is 9.90 Å². The van der Waals surface area contributed by atoms with Gasteiger partial charge in [-0.05, 0) is 20.8 Å². The predicted molar refractivity (Wildman–Crippen MR) is 56.5 cm³/mol. The maximum Gasteiger partial charge on any atom is 0.224 e. The lowest BCUT2D eigenvalue weighted by Gasteiger charge is -2.10. The topological polar surface area (TPSA) is 78.0 Å². The van der Waals surface area contributed by atoms with E-state index < -0.39 is 0 Å². The van der Waals surface area contributed by atoms with Gasteiger partial charge in [-0.2, -0.15) is 5.10 Å². The zero-order valence-electron chi connectivity index (χ0n) is 9.29. The third-order valence-electron chi connectivity index (χ3n) is 2.30. The van der Waals surface area contributed by atoms with Crippen LogP contribution in [0.15, 0.2) is 0 Å². The fraction of sp³-hybridized carbons (Fsp3) is 0.600. The fourth-order valence-electron chi connectivity index (χ4n) is 1.37. The molecule has 5 heteroatoms. The van der Waals surface area contributed by atoms with E-state index in [1.54, 1.807) is 6.92 Å². The molecule has 0 aliphatic carbocycles. The van der Waals surface area contributed by atoms with Crippen LogP contribution in [0.3, 0.4) is 0 Å². The SMILES string of the molecule is Cc1n[nH]c(C)c1CC(=O)NC(C)CO. The lowest BCUT2D eigenvalue weighted by atomic mass is 10.1. The van der Waals surface area contributed by atoms with E-state index in [2.05, 4.69) is 15.5 Å². The maximum absolute atomic E-state index is 11.5. The van der Waals surface area contributed by atoms with E-state index in [0.29, 0.717) is 6.42 Å². The fourth-order valence-corrected chi connectivity index (χ4v) is 1.37. The second-order valence-electron chi connectivity index (χ2n) is 3.74. The molecule has 1 aromatic heterocycles. The van der Waals surface area contributed by atoms with Gasteiger partial charge in [0.1, 0.15) is 0 Å². The molecule has 1 heterocycles. The molecule has 15 heavy (non-hydrogen) atoms. The Morgan fingerprint density at radius 2 is 2.27 bits per heavy atom. The van der Waals surface area contributed by atoms with Crippen LogP contribution in [-0.4, -0.2) is 33.9 Å². The van der Waals surface area contributed by atoms with Gasteiger partial charge in [-0.1, -0.05) is 0 Å². The summed E-state index contributed by atoms with van der Waals surface area (Å²) in [6.45, 7) is 5.46. The van der Waals surface area contributed by atoms with Crippen LogP contribution in [0.4, 0.5) is 0 Å². The van der Waals surface area contributed by atoms with Gasteiger partial charge in [-0.25, -0.2) is 0 Å². The molecule has 84 valence electrons. The highest BCUT2D eigenvalue weighted by atomic mass is 16.3. The normalized spacial score (nSPS) is 12.5. The molecule has 0 aliphatic heterocycles. The molecule has 1 unspecified atom stereocenters. The quantitative estimate of drug-likeness (QED) is 0.659. The van der Waals surface area contributed by atoms with Gasteiger partial charge in [0.2, 0.25) is 5.91 Å². The molecule has 0 radical (unpaired) electrons. The molecule has 0 saturated carbocycles. The highest BCUT2D eigenvalue weighted by molar-refractivity contribution is 5.79. The third kappa shape index (κ3) is 3.06. The lowest BCUT2D eigenvalue weighted by Crippen LogP contribution is -2.36. The van der Waals surface area contributed by atoms with E-state index in [-0.39, 0.29) is 18.6 Å². The first-order chi connectivity index (χ1) is 7.04. The average Bonchev–Trinajstić information content (AvgIpc) is 2.49. The van der Waals surface area contributed by atoms with E-state index >= 15 is 0 Å². The van der Waals surface area contributed by atoms with Crippen LogP contribution in [0.1, 0.15) is 23.9 Å². The molecular weight excluding hydrogens is 194 g/mol. The van der Waals surface area contributed by atoms with E-state index in [1.165, 1.54) is 0 Å². The number of H-pyrrole nitrogens is 1. The highest BCUT2D eigenvalue weighted by Gasteiger charge is 2.12. The van der Waals surface area contributed by atoms with Crippen LogP contribution in [0.2, 0.25) is 0 Å². The van der Waals surface area contributed by atoms with Crippen molar-refractivity contribution in [2.24, 2.45) is 0 Å². The number of aromatic nitrogens is 2. The number of carbonyl (C=O) groups excluding carboxylic acids is 1. The summed E-state index contributed by atoms with van der Waals surface area (Å²) in [4.78, 5) is 11.5. The number of hydrogen-bond donors (Lipinski definition) is 3. The summed E-state index contributed by atoms with van der Waals surface area (Å²) in [5.41, 5.74) is 2.69. The lowest BCUT2D eigenvalue weighted by molar-refractivity contribution is -0.121. The minimum Gasteiger partial charge on any atom is -0.394 e. The predicted octanol–water partition coefficient (Wildman–Crippen LogP) is 0.0660. The van der Waals surface area contributed by atoms with Crippen LogP contribution < -0.4 is 5.32 Å². The number of hydrogen-bond acceptors (Lipinski definition) is 3. The zero-order chi connectivity index (χ0) is 11.4. The number of nitrogens with zero attached hydrogens (tertiary/aromatic N) is 1. The Kier molecular flexibility index (Phi) is 3.85. The van der Waals surface area contributed by atoms with Crippen LogP contribution in [0.5, 0.6) is 0 Å². The van der Waals surface area contributed by atoms with Gasteiger partial charge in [0.15, 0.2) is 0 Å². The molecule has 1 atom stereocenters. The van der Waals surface area contributed by atoms with Crippen LogP contribution in [-0.2, 0) is 11.2 Å². The molecule has 1 amide bonds. The number of amides is 1. The summed E-state index contributed by atoms with van der Waals surface area (Å²) in [5, 5.41) is 18.3. The molecule has 0 aliphatic rings. The third-order valence-corrected chi connectivity index (χ3v) is 2.30. The van der Waals surface area contributed by atoms with E-state index in [9.17, 15) is 4.79 Å². The first kappa shape index (κ1) is 11.7. The smallest absolute Gasteiger partial charge is 0.224 e. The monoisotopic (exact) mass is 211 g/mol. The molecule has 0 bridgehead atoms. The minimum absolute atomic E-state index is 0.0465. The Hall–Kier alpha value is -1.36. The van der Waals surface area contributed by atoms with Crippen LogP contribution in [0, 0.1) is 13.8 Å². The van der Waals surface area contributed by atoms with Gasteiger partial charge >= 0.3 is 0 Å². The second kappa shape index (κ2) is 4.93. The number of rotatable bonds is 4. The minimum atomic E-state index is -0.204. The second-order valence-corrected chi connectivity index (χ2v) is 3.74. The van der Waals surface area contributed by atoms with Crippen molar-refractivity contribution >= 4 is 5.91 Å². The molecule has 1 aromatic rings. The Bertz CT molecular complexity index is 327. The van der Waals surface area contributed by atoms with Crippen molar-refractivity contribution in [1.82, 2.24) is 15.5 Å². The van der Waals surface area contributed by atoms with Gasteiger partial charge in [-0.3, -0.25) is 9.89 Å². The number of aromatic amines is 1.